The largest absolute Gasteiger partial charge is 0.494 e. The van der Waals surface area contributed by atoms with Crippen molar-refractivity contribution < 1.29 is 13.2 Å². The maximum atomic E-state index is 12.3. The van der Waals surface area contributed by atoms with Crippen LogP contribution in [0.25, 0.3) is 0 Å². The minimum atomic E-state index is -3.49. The third-order valence-electron chi connectivity index (χ3n) is 3.86. The summed E-state index contributed by atoms with van der Waals surface area (Å²) in [6.45, 7) is 3.20. The van der Waals surface area contributed by atoms with Crippen LogP contribution in [0.3, 0.4) is 0 Å². The first-order valence-electron chi connectivity index (χ1n) is 8.50. The van der Waals surface area contributed by atoms with Crippen molar-refractivity contribution >= 4 is 33.0 Å². The molecule has 0 amide bonds. The zero-order valence-electron chi connectivity index (χ0n) is 16.0. The summed E-state index contributed by atoms with van der Waals surface area (Å²) in [5.74, 6) is 0.837. The number of anilines is 1. The molecular weight excluding hydrogens is 382 g/mol. The van der Waals surface area contributed by atoms with Crippen LogP contribution in [0, 0.1) is 0 Å². The highest BCUT2D eigenvalue weighted by Crippen LogP contribution is 2.19. The fourth-order valence-electron chi connectivity index (χ4n) is 2.37. The van der Waals surface area contributed by atoms with E-state index in [1.54, 1.807) is 24.3 Å². The van der Waals surface area contributed by atoms with Gasteiger partial charge in [-0.05, 0) is 55.0 Å². The van der Waals surface area contributed by atoms with Crippen molar-refractivity contribution in [2.24, 2.45) is 0 Å². The number of hydrogen-bond acceptors (Lipinski definition) is 4. The Morgan fingerprint density at radius 2 is 1.78 bits per heavy atom. The van der Waals surface area contributed by atoms with Crippen molar-refractivity contribution in [3.63, 3.8) is 0 Å². The minimum Gasteiger partial charge on any atom is -0.494 e. The molecule has 0 spiro atoms. The average Bonchev–Trinajstić information content (AvgIpc) is 2.63. The van der Waals surface area contributed by atoms with Gasteiger partial charge in [-0.25, -0.2) is 12.7 Å². The van der Waals surface area contributed by atoms with Crippen molar-refractivity contribution in [2.45, 2.75) is 18.4 Å². The second kappa shape index (κ2) is 9.16. The maximum Gasteiger partial charge on any atom is 0.242 e. The monoisotopic (exact) mass is 407 g/mol. The summed E-state index contributed by atoms with van der Waals surface area (Å²) in [5.41, 5.74) is 1.72. The second-order valence-corrected chi connectivity index (χ2v) is 8.72. The maximum absolute atomic E-state index is 12.3. The predicted molar refractivity (Wildman–Crippen MR) is 113 cm³/mol. The summed E-state index contributed by atoms with van der Waals surface area (Å²) in [6.07, 6.45) is 0. The van der Waals surface area contributed by atoms with Crippen molar-refractivity contribution in [1.82, 2.24) is 9.21 Å². The molecule has 2 aromatic rings. The molecule has 6 nitrogen and oxygen atoms in total. The highest BCUT2D eigenvalue weighted by Gasteiger charge is 2.17. The molecule has 8 heteroatoms. The Bertz CT molecular complexity index is 881. The van der Waals surface area contributed by atoms with E-state index in [0.29, 0.717) is 24.0 Å². The Morgan fingerprint density at radius 3 is 2.37 bits per heavy atom. The van der Waals surface area contributed by atoms with Crippen molar-refractivity contribution in [3.05, 3.63) is 54.1 Å². The molecule has 0 aromatic heterocycles. The Labute approximate surface area is 166 Å². The molecule has 2 rings (SSSR count). The molecule has 0 heterocycles. The highest BCUT2D eigenvalue weighted by atomic mass is 32.2. The van der Waals surface area contributed by atoms with Crippen LogP contribution in [-0.2, 0) is 16.6 Å². The van der Waals surface area contributed by atoms with Crippen LogP contribution in [0.4, 0.5) is 5.69 Å². The van der Waals surface area contributed by atoms with E-state index in [1.165, 1.54) is 18.4 Å². The van der Waals surface area contributed by atoms with Crippen LogP contribution in [0.1, 0.15) is 12.5 Å². The number of thiocarbonyl (C=S) groups is 1. The molecule has 0 radical (unpaired) electrons. The van der Waals surface area contributed by atoms with Gasteiger partial charge in [-0.3, -0.25) is 0 Å². The molecule has 0 fully saturated rings. The number of benzene rings is 2. The summed E-state index contributed by atoms with van der Waals surface area (Å²) >= 11 is 5.44. The normalized spacial score (nSPS) is 11.3. The standard InChI is InChI=1S/C19H25N3O3S2/c1-5-25-17-11-9-15(10-12-17)14-22(4)19(26)20-16-7-6-8-18(13-16)27(23,24)21(2)3/h6-13H,5,14H2,1-4H3,(H,20,26). The van der Waals surface area contributed by atoms with E-state index in [0.717, 1.165) is 11.3 Å². The van der Waals surface area contributed by atoms with Gasteiger partial charge in [0.15, 0.2) is 5.11 Å². The summed E-state index contributed by atoms with van der Waals surface area (Å²) in [5, 5.41) is 3.60. The van der Waals surface area contributed by atoms with Gasteiger partial charge in [-0.2, -0.15) is 0 Å². The van der Waals surface area contributed by atoms with Gasteiger partial charge in [0.1, 0.15) is 5.75 Å². The lowest BCUT2D eigenvalue weighted by Crippen LogP contribution is -2.30. The predicted octanol–water partition coefficient (Wildman–Crippen LogP) is 3.16. The molecule has 0 saturated carbocycles. The van der Waals surface area contributed by atoms with Gasteiger partial charge in [0.2, 0.25) is 10.0 Å². The first kappa shape index (κ1) is 21.1. The van der Waals surface area contributed by atoms with E-state index in [1.807, 2.05) is 43.1 Å². The summed E-state index contributed by atoms with van der Waals surface area (Å²) in [7, 11) is 1.40. The third kappa shape index (κ3) is 5.66. The second-order valence-electron chi connectivity index (χ2n) is 6.18. The molecule has 0 aliphatic heterocycles. The average molecular weight is 408 g/mol. The van der Waals surface area contributed by atoms with Gasteiger partial charge in [0.05, 0.1) is 11.5 Å². The molecule has 146 valence electrons. The third-order valence-corrected chi connectivity index (χ3v) is 6.09. The molecular formula is C19H25N3O3S2. The SMILES string of the molecule is CCOc1ccc(CN(C)C(=S)Nc2cccc(S(=O)(=O)N(C)C)c2)cc1. The van der Waals surface area contributed by atoms with Gasteiger partial charge < -0.3 is 15.0 Å². The van der Waals surface area contributed by atoms with Gasteiger partial charge >= 0.3 is 0 Å². The summed E-state index contributed by atoms with van der Waals surface area (Å²) in [4.78, 5) is 2.10. The lowest BCUT2D eigenvalue weighted by Gasteiger charge is -2.21. The molecule has 0 saturated heterocycles. The van der Waals surface area contributed by atoms with Crippen LogP contribution >= 0.6 is 12.2 Å². The van der Waals surface area contributed by atoms with Crippen molar-refractivity contribution in [2.75, 3.05) is 33.1 Å². The highest BCUT2D eigenvalue weighted by molar-refractivity contribution is 7.89. The Kier molecular flexibility index (Phi) is 7.18. The smallest absolute Gasteiger partial charge is 0.242 e. The van der Waals surface area contributed by atoms with Crippen LogP contribution in [0.2, 0.25) is 0 Å². The number of nitrogens with one attached hydrogen (secondary N) is 1. The van der Waals surface area contributed by atoms with Gasteiger partial charge in [0.25, 0.3) is 0 Å². The van der Waals surface area contributed by atoms with Crippen molar-refractivity contribution in [1.29, 1.82) is 0 Å². The number of ether oxygens (including phenoxy) is 1. The first-order chi connectivity index (χ1) is 12.7. The summed E-state index contributed by atoms with van der Waals surface area (Å²) < 4.78 is 31.2. The summed E-state index contributed by atoms with van der Waals surface area (Å²) in [6, 6.07) is 14.5. The van der Waals surface area contributed by atoms with Crippen LogP contribution < -0.4 is 10.1 Å². The number of rotatable bonds is 7. The molecule has 1 N–H and O–H groups in total. The van der Waals surface area contributed by atoms with Crippen LogP contribution in [0.5, 0.6) is 5.75 Å². The lowest BCUT2D eigenvalue weighted by atomic mass is 10.2. The number of nitrogens with zero attached hydrogens (tertiary/aromatic N) is 2. The van der Waals surface area contributed by atoms with Gasteiger partial charge in [-0.1, -0.05) is 18.2 Å². The lowest BCUT2D eigenvalue weighted by molar-refractivity contribution is 0.340. The minimum absolute atomic E-state index is 0.217. The van der Waals surface area contributed by atoms with E-state index in [2.05, 4.69) is 5.32 Å². The van der Waals surface area contributed by atoms with Crippen LogP contribution in [-0.4, -0.2) is 50.5 Å². The molecule has 0 aliphatic carbocycles. The molecule has 0 unspecified atom stereocenters. The fourth-order valence-corrected chi connectivity index (χ4v) is 3.50. The Hall–Kier alpha value is -2.16. The number of hydrogen-bond donors (Lipinski definition) is 1. The first-order valence-corrected chi connectivity index (χ1v) is 10.4. The van der Waals surface area contributed by atoms with Gasteiger partial charge in [0, 0.05) is 33.4 Å². The topological polar surface area (TPSA) is 61.9 Å². The molecule has 0 bridgehead atoms. The Morgan fingerprint density at radius 1 is 1.11 bits per heavy atom. The van der Waals surface area contributed by atoms with Crippen LogP contribution in [0.15, 0.2) is 53.4 Å². The zero-order chi connectivity index (χ0) is 20.0. The van der Waals surface area contributed by atoms with E-state index in [4.69, 9.17) is 17.0 Å². The van der Waals surface area contributed by atoms with E-state index in [9.17, 15) is 8.42 Å². The van der Waals surface area contributed by atoms with E-state index >= 15 is 0 Å². The fraction of sp³-hybridized carbons (Fsp3) is 0.316. The zero-order valence-corrected chi connectivity index (χ0v) is 17.6. The molecule has 27 heavy (non-hydrogen) atoms. The number of sulfonamides is 1. The van der Waals surface area contributed by atoms with Crippen molar-refractivity contribution in [3.8, 4) is 5.75 Å². The quantitative estimate of drug-likeness (QED) is 0.712. The molecule has 0 atom stereocenters. The molecule has 2 aromatic carbocycles. The van der Waals surface area contributed by atoms with Gasteiger partial charge in [-0.15, -0.1) is 0 Å². The Balaban J connectivity index is 2.04. The van der Waals surface area contributed by atoms with E-state index in [-0.39, 0.29) is 4.90 Å². The molecule has 0 aliphatic rings. The van der Waals surface area contributed by atoms with E-state index < -0.39 is 10.0 Å².